The maximum atomic E-state index is 4.55. The third-order valence-electron chi connectivity index (χ3n) is 3.41. The fourth-order valence-corrected chi connectivity index (χ4v) is 2.32. The quantitative estimate of drug-likeness (QED) is 0.659. The molecule has 2 aliphatic heterocycles. The molecule has 16 heavy (non-hydrogen) atoms. The highest BCUT2D eigenvalue weighted by atomic mass is 15.4. The summed E-state index contributed by atoms with van der Waals surface area (Å²) in [6.07, 6.45) is 1.17. The van der Waals surface area contributed by atoms with E-state index in [0.717, 1.165) is 45.2 Å². The Morgan fingerprint density at radius 1 is 1.12 bits per heavy atom. The van der Waals surface area contributed by atoms with Gasteiger partial charge in [0.1, 0.15) is 0 Å². The van der Waals surface area contributed by atoms with E-state index in [2.05, 4.69) is 40.9 Å². The van der Waals surface area contributed by atoms with Crippen LogP contribution >= 0.6 is 0 Å². The maximum absolute atomic E-state index is 4.55. The fraction of sp³-hybridized carbons (Fsp3) is 0.917. The van der Waals surface area contributed by atoms with E-state index in [-0.39, 0.29) is 0 Å². The molecule has 1 N–H and O–H groups in total. The lowest BCUT2D eigenvalue weighted by Crippen LogP contribution is -2.57. The molecule has 0 bridgehead atoms. The van der Waals surface area contributed by atoms with Gasteiger partial charge in [-0.25, -0.2) is 0 Å². The van der Waals surface area contributed by atoms with Crippen molar-refractivity contribution in [2.75, 3.05) is 39.3 Å². The Morgan fingerprint density at radius 3 is 2.31 bits per heavy atom. The summed E-state index contributed by atoms with van der Waals surface area (Å²) in [5.41, 5.74) is 0.299. The van der Waals surface area contributed by atoms with Gasteiger partial charge in [0.25, 0.3) is 0 Å². The van der Waals surface area contributed by atoms with E-state index >= 15 is 0 Å². The smallest absolute Gasteiger partial charge is 0.194 e. The molecule has 0 radical (unpaired) electrons. The van der Waals surface area contributed by atoms with Crippen LogP contribution in [0, 0.1) is 0 Å². The molecule has 0 aromatic carbocycles. The van der Waals surface area contributed by atoms with E-state index in [4.69, 9.17) is 0 Å². The van der Waals surface area contributed by atoms with Gasteiger partial charge >= 0.3 is 0 Å². The summed E-state index contributed by atoms with van der Waals surface area (Å²) in [6.45, 7) is 13.4. The Hall–Kier alpha value is -0.770. The van der Waals surface area contributed by atoms with Crippen molar-refractivity contribution in [1.82, 2.24) is 15.1 Å². The van der Waals surface area contributed by atoms with E-state index in [0.29, 0.717) is 5.54 Å². The zero-order valence-corrected chi connectivity index (χ0v) is 10.8. The average Bonchev–Trinajstić information content (AvgIpc) is 2.29. The number of guanidine groups is 1. The Bertz CT molecular complexity index is 259. The molecule has 0 spiro atoms. The van der Waals surface area contributed by atoms with E-state index in [1.807, 2.05) is 0 Å². The summed E-state index contributed by atoms with van der Waals surface area (Å²) >= 11 is 0. The van der Waals surface area contributed by atoms with E-state index in [1.54, 1.807) is 0 Å². The van der Waals surface area contributed by atoms with Crippen LogP contribution in [0.4, 0.5) is 0 Å². The fourth-order valence-electron chi connectivity index (χ4n) is 2.32. The van der Waals surface area contributed by atoms with Crippen LogP contribution in [0.5, 0.6) is 0 Å². The zero-order chi connectivity index (χ0) is 11.6. The molecule has 2 heterocycles. The molecule has 4 nitrogen and oxygen atoms in total. The summed E-state index contributed by atoms with van der Waals surface area (Å²) in [5.74, 6) is 1.12. The minimum Gasteiger partial charge on any atom is -0.356 e. The first kappa shape index (κ1) is 11.7. The van der Waals surface area contributed by atoms with Crippen molar-refractivity contribution in [3.05, 3.63) is 0 Å². The molecule has 4 heteroatoms. The number of hydrogen-bond donors (Lipinski definition) is 1. The second-order valence-corrected chi connectivity index (χ2v) is 5.63. The number of rotatable bonds is 0. The Morgan fingerprint density at radius 2 is 1.81 bits per heavy atom. The molecule has 0 amide bonds. The summed E-state index contributed by atoms with van der Waals surface area (Å²) in [4.78, 5) is 9.49. The molecule has 0 aliphatic carbocycles. The Labute approximate surface area is 98.7 Å². The van der Waals surface area contributed by atoms with Gasteiger partial charge in [0, 0.05) is 44.8 Å². The van der Waals surface area contributed by atoms with Crippen LogP contribution in [-0.2, 0) is 0 Å². The van der Waals surface area contributed by atoms with Crippen LogP contribution in [0.2, 0.25) is 0 Å². The van der Waals surface area contributed by atoms with Gasteiger partial charge in [-0.1, -0.05) is 0 Å². The predicted molar refractivity (Wildman–Crippen MR) is 67.8 cm³/mol. The standard InChI is InChI=1S/C12H24N4/c1-12(2,3)16-9-7-15(8-10-16)11-13-5-4-6-14-11/h4-10H2,1-3H3,(H,13,14). The highest BCUT2D eigenvalue weighted by Crippen LogP contribution is 2.15. The molecule has 0 atom stereocenters. The van der Waals surface area contributed by atoms with E-state index in [9.17, 15) is 0 Å². The van der Waals surface area contributed by atoms with Gasteiger partial charge in [-0.15, -0.1) is 0 Å². The molecule has 1 fully saturated rings. The Kier molecular flexibility index (Phi) is 3.38. The monoisotopic (exact) mass is 224 g/mol. The molecule has 0 unspecified atom stereocenters. The van der Waals surface area contributed by atoms with Crippen LogP contribution in [0.3, 0.4) is 0 Å². The molecule has 1 saturated heterocycles. The average molecular weight is 224 g/mol. The minimum absolute atomic E-state index is 0.299. The SMILES string of the molecule is CC(C)(C)N1CCN(C2=NCCCN2)CC1. The lowest BCUT2D eigenvalue weighted by molar-refractivity contribution is 0.0867. The van der Waals surface area contributed by atoms with Crippen molar-refractivity contribution < 1.29 is 0 Å². The van der Waals surface area contributed by atoms with Crippen molar-refractivity contribution in [3.8, 4) is 0 Å². The first-order chi connectivity index (χ1) is 7.57. The maximum Gasteiger partial charge on any atom is 0.194 e. The van der Waals surface area contributed by atoms with Crippen molar-refractivity contribution in [2.24, 2.45) is 4.99 Å². The van der Waals surface area contributed by atoms with Gasteiger partial charge in [0.2, 0.25) is 0 Å². The van der Waals surface area contributed by atoms with Crippen LogP contribution in [0.1, 0.15) is 27.2 Å². The van der Waals surface area contributed by atoms with Crippen molar-refractivity contribution in [2.45, 2.75) is 32.7 Å². The second-order valence-electron chi connectivity index (χ2n) is 5.63. The van der Waals surface area contributed by atoms with Gasteiger partial charge in [0.05, 0.1) is 0 Å². The van der Waals surface area contributed by atoms with Crippen LogP contribution < -0.4 is 5.32 Å². The molecule has 0 saturated carbocycles. The molecule has 0 aromatic rings. The topological polar surface area (TPSA) is 30.9 Å². The lowest BCUT2D eigenvalue weighted by Gasteiger charge is -2.43. The first-order valence-electron chi connectivity index (χ1n) is 6.36. The van der Waals surface area contributed by atoms with Gasteiger partial charge in [0.15, 0.2) is 5.96 Å². The third-order valence-corrected chi connectivity index (χ3v) is 3.41. The molecule has 2 rings (SSSR count). The summed E-state index contributed by atoms with van der Waals surface area (Å²) in [6, 6.07) is 0. The van der Waals surface area contributed by atoms with Crippen LogP contribution in [-0.4, -0.2) is 60.6 Å². The number of piperazine rings is 1. The highest BCUT2D eigenvalue weighted by Gasteiger charge is 2.27. The lowest BCUT2D eigenvalue weighted by atomic mass is 10.1. The van der Waals surface area contributed by atoms with Gasteiger partial charge < -0.3 is 10.2 Å². The molecule has 0 aromatic heterocycles. The molecular formula is C12H24N4. The van der Waals surface area contributed by atoms with E-state index in [1.165, 1.54) is 6.42 Å². The Balaban J connectivity index is 1.87. The number of nitrogens with zero attached hydrogens (tertiary/aromatic N) is 3. The minimum atomic E-state index is 0.299. The highest BCUT2D eigenvalue weighted by molar-refractivity contribution is 5.80. The largest absolute Gasteiger partial charge is 0.356 e. The second kappa shape index (κ2) is 4.62. The third kappa shape index (κ3) is 2.67. The van der Waals surface area contributed by atoms with Gasteiger partial charge in [-0.05, 0) is 27.2 Å². The number of nitrogens with one attached hydrogen (secondary N) is 1. The normalized spacial score (nSPS) is 23.9. The predicted octanol–water partition coefficient (Wildman–Crippen LogP) is 0.752. The van der Waals surface area contributed by atoms with E-state index < -0.39 is 0 Å². The zero-order valence-electron chi connectivity index (χ0n) is 10.8. The number of hydrogen-bond acceptors (Lipinski definition) is 4. The van der Waals surface area contributed by atoms with Crippen molar-refractivity contribution >= 4 is 5.96 Å². The van der Waals surface area contributed by atoms with Gasteiger partial charge in [-0.3, -0.25) is 9.89 Å². The molecule has 92 valence electrons. The first-order valence-corrected chi connectivity index (χ1v) is 6.36. The number of aliphatic imine (C=N–C) groups is 1. The molecule has 2 aliphatic rings. The van der Waals surface area contributed by atoms with Crippen molar-refractivity contribution in [3.63, 3.8) is 0 Å². The van der Waals surface area contributed by atoms with Crippen LogP contribution in [0.25, 0.3) is 0 Å². The summed E-state index contributed by atoms with van der Waals surface area (Å²) < 4.78 is 0. The van der Waals surface area contributed by atoms with Gasteiger partial charge in [-0.2, -0.15) is 0 Å². The van der Waals surface area contributed by atoms with Crippen molar-refractivity contribution in [1.29, 1.82) is 0 Å². The van der Waals surface area contributed by atoms with Crippen LogP contribution in [0.15, 0.2) is 4.99 Å². The summed E-state index contributed by atoms with van der Waals surface area (Å²) in [5, 5.41) is 3.40. The molecular weight excluding hydrogens is 200 g/mol. The summed E-state index contributed by atoms with van der Waals surface area (Å²) in [7, 11) is 0.